The number of nitro benzene ring substituents is 1. The fraction of sp³-hybridized carbons (Fsp3) is 0.400. The Balaban J connectivity index is 2.22. The number of H-pyrrole nitrogens is 1. The van der Waals surface area contributed by atoms with Gasteiger partial charge in [-0.3, -0.25) is 14.9 Å². The lowest BCUT2D eigenvalue weighted by molar-refractivity contribution is -0.383. The van der Waals surface area contributed by atoms with E-state index in [1.165, 1.54) is 6.07 Å². The highest BCUT2D eigenvalue weighted by Gasteiger charge is 2.30. The number of hydrogen-bond donors (Lipinski definition) is 3. The molecule has 3 rings (SSSR count). The molecule has 1 aromatic heterocycles. The van der Waals surface area contributed by atoms with Gasteiger partial charge >= 0.3 is 5.97 Å². The molecule has 22 heavy (non-hydrogen) atoms. The molecule has 0 bridgehead atoms. The Morgan fingerprint density at radius 3 is 2.77 bits per heavy atom. The number of non-ortho nitro benzene ring substituents is 1. The molecule has 2 aromatic rings. The van der Waals surface area contributed by atoms with Gasteiger partial charge in [0.2, 0.25) is 0 Å². The predicted molar refractivity (Wildman–Crippen MR) is 81.0 cm³/mol. The molecule has 1 aromatic carbocycles. The van der Waals surface area contributed by atoms with Gasteiger partial charge in [-0.15, -0.1) is 0 Å². The summed E-state index contributed by atoms with van der Waals surface area (Å²) < 4.78 is 0. The normalized spacial score (nSPS) is 15.9. The number of benzene rings is 1. The summed E-state index contributed by atoms with van der Waals surface area (Å²) in [7, 11) is 0. The Morgan fingerprint density at radius 2 is 2.23 bits per heavy atom. The van der Waals surface area contributed by atoms with E-state index in [4.69, 9.17) is 10.8 Å². The largest absolute Gasteiger partial charge is 0.480 e. The van der Waals surface area contributed by atoms with Crippen molar-refractivity contribution in [3.05, 3.63) is 39.1 Å². The number of rotatable bonds is 5. The topological polar surface area (TPSA) is 122 Å². The van der Waals surface area contributed by atoms with E-state index in [2.05, 4.69) is 4.98 Å². The summed E-state index contributed by atoms with van der Waals surface area (Å²) in [5, 5.41) is 20.8. The van der Waals surface area contributed by atoms with Crippen molar-refractivity contribution in [2.75, 3.05) is 0 Å². The molecule has 1 unspecified atom stereocenters. The van der Waals surface area contributed by atoms with Crippen molar-refractivity contribution >= 4 is 22.6 Å². The van der Waals surface area contributed by atoms with Crippen molar-refractivity contribution in [3.63, 3.8) is 0 Å². The van der Waals surface area contributed by atoms with Crippen molar-refractivity contribution in [1.29, 1.82) is 0 Å². The Kier molecular flexibility index (Phi) is 3.37. The summed E-state index contributed by atoms with van der Waals surface area (Å²) in [5.41, 5.74) is 8.80. The van der Waals surface area contributed by atoms with Crippen LogP contribution < -0.4 is 5.73 Å². The van der Waals surface area contributed by atoms with E-state index >= 15 is 0 Å². The van der Waals surface area contributed by atoms with Crippen LogP contribution >= 0.6 is 0 Å². The lowest BCUT2D eigenvalue weighted by Crippen LogP contribution is -2.32. The molecule has 7 heteroatoms. The second-order valence-electron chi connectivity index (χ2n) is 5.83. The minimum Gasteiger partial charge on any atom is -0.480 e. The zero-order chi connectivity index (χ0) is 16.0. The fourth-order valence-electron chi connectivity index (χ4n) is 2.95. The summed E-state index contributed by atoms with van der Waals surface area (Å²) >= 11 is 0. The average molecular weight is 303 g/mol. The van der Waals surface area contributed by atoms with E-state index in [1.807, 2.05) is 0 Å². The molecule has 0 aliphatic heterocycles. The van der Waals surface area contributed by atoms with Crippen LogP contribution in [0.1, 0.15) is 35.6 Å². The van der Waals surface area contributed by atoms with Gasteiger partial charge in [0.1, 0.15) is 6.04 Å². The van der Waals surface area contributed by atoms with E-state index < -0.39 is 16.9 Å². The highest BCUT2D eigenvalue weighted by Crippen LogP contribution is 2.45. The van der Waals surface area contributed by atoms with Gasteiger partial charge in [-0.05, 0) is 42.9 Å². The minimum absolute atomic E-state index is 0.00339. The predicted octanol–water partition coefficient (Wildman–Crippen LogP) is 2.22. The van der Waals surface area contributed by atoms with Gasteiger partial charge in [0.25, 0.3) is 5.69 Å². The van der Waals surface area contributed by atoms with Crippen molar-refractivity contribution < 1.29 is 14.8 Å². The minimum atomic E-state index is -1.12. The van der Waals surface area contributed by atoms with Gasteiger partial charge in [-0.1, -0.05) is 0 Å². The van der Waals surface area contributed by atoms with Gasteiger partial charge in [-0.25, -0.2) is 0 Å². The number of nitrogens with two attached hydrogens (primary N) is 1. The van der Waals surface area contributed by atoms with Gasteiger partial charge in [0.15, 0.2) is 0 Å². The standard InChI is InChI=1S/C15H17N3O4/c1-7-10(6-11(16)15(19)20)13-12(18(21)22)5-4-9(8-2-3-8)14(13)17-7/h4-5,8,11,17H,2-3,6,16H2,1H3,(H,19,20). The molecular formula is C15H17N3O4. The maximum atomic E-state index is 11.3. The van der Waals surface area contributed by atoms with Crippen LogP contribution in [0, 0.1) is 17.0 Å². The fourth-order valence-corrected chi connectivity index (χ4v) is 2.95. The Morgan fingerprint density at radius 1 is 1.55 bits per heavy atom. The molecule has 4 N–H and O–H groups in total. The summed E-state index contributed by atoms with van der Waals surface area (Å²) in [5.74, 6) is -0.683. The second-order valence-corrected chi connectivity index (χ2v) is 5.83. The van der Waals surface area contributed by atoms with Gasteiger partial charge in [0.05, 0.1) is 15.8 Å². The number of carboxylic acid groups (broad SMARTS) is 1. The summed E-state index contributed by atoms with van der Waals surface area (Å²) in [6.07, 6.45) is 2.22. The molecule has 1 atom stereocenters. The first-order valence-electron chi connectivity index (χ1n) is 7.17. The number of aromatic amines is 1. The Bertz CT molecular complexity index is 777. The number of nitro groups is 1. The van der Waals surface area contributed by atoms with Crippen molar-refractivity contribution in [2.45, 2.75) is 38.1 Å². The maximum Gasteiger partial charge on any atom is 0.320 e. The number of nitrogens with one attached hydrogen (secondary N) is 1. The first kappa shape index (κ1) is 14.5. The zero-order valence-electron chi connectivity index (χ0n) is 12.1. The lowest BCUT2D eigenvalue weighted by atomic mass is 9.99. The summed E-state index contributed by atoms with van der Waals surface area (Å²) in [4.78, 5) is 25.1. The van der Waals surface area contributed by atoms with E-state index in [0.29, 0.717) is 16.9 Å². The van der Waals surface area contributed by atoms with Crippen LogP contribution in [0.15, 0.2) is 12.1 Å². The highest BCUT2D eigenvalue weighted by molar-refractivity contribution is 5.96. The smallest absolute Gasteiger partial charge is 0.320 e. The third-order valence-corrected chi connectivity index (χ3v) is 4.24. The van der Waals surface area contributed by atoms with E-state index in [9.17, 15) is 14.9 Å². The van der Waals surface area contributed by atoms with Gasteiger partial charge in [-0.2, -0.15) is 0 Å². The number of carbonyl (C=O) groups is 1. The molecule has 0 spiro atoms. The molecule has 0 saturated heterocycles. The first-order chi connectivity index (χ1) is 10.4. The second kappa shape index (κ2) is 5.10. The molecular weight excluding hydrogens is 286 g/mol. The molecule has 1 heterocycles. The van der Waals surface area contributed by atoms with E-state index in [1.54, 1.807) is 13.0 Å². The van der Waals surface area contributed by atoms with Gasteiger partial charge < -0.3 is 15.8 Å². The third kappa shape index (κ3) is 2.33. The van der Waals surface area contributed by atoms with E-state index in [-0.39, 0.29) is 12.1 Å². The molecule has 1 aliphatic rings. The molecule has 116 valence electrons. The number of aliphatic carboxylic acids is 1. The van der Waals surface area contributed by atoms with Crippen LogP contribution in [-0.2, 0) is 11.2 Å². The van der Waals surface area contributed by atoms with Crippen LogP contribution in [0.3, 0.4) is 0 Å². The van der Waals surface area contributed by atoms with Gasteiger partial charge in [0, 0.05) is 18.2 Å². The number of carboxylic acids is 1. The first-order valence-corrected chi connectivity index (χ1v) is 7.17. The molecule has 1 aliphatic carbocycles. The van der Waals surface area contributed by atoms with E-state index in [0.717, 1.165) is 29.6 Å². The number of aromatic nitrogens is 1. The zero-order valence-corrected chi connectivity index (χ0v) is 12.1. The SMILES string of the molecule is Cc1[nH]c2c(C3CC3)ccc([N+](=O)[O-])c2c1CC(N)C(=O)O. The lowest BCUT2D eigenvalue weighted by Gasteiger charge is -2.07. The quantitative estimate of drug-likeness (QED) is 0.577. The molecule has 0 radical (unpaired) electrons. The monoisotopic (exact) mass is 303 g/mol. The number of aryl methyl sites for hydroxylation is 1. The number of hydrogen-bond acceptors (Lipinski definition) is 4. The van der Waals surface area contributed by atoms with Crippen molar-refractivity contribution in [3.8, 4) is 0 Å². The Hall–Kier alpha value is -2.41. The highest BCUT2D eigenvalue weighted by atomic mass is 16.6. The Labute approximate surface area is 126 Å². The van der Waals surface area contributed by atoms with Crippen LogP contribution in [-0.4, -0.2) is 27.0 Å². The van der Waals surface area contributed by atoms with Crippen LogP contribution in [0.2, 0.25) is 0 Å². The van der Waals surface area contributed by atoms with Crippen LogP contribution in [0.4, 0.5) is 5.69 Å². The molecule has 0 amide bonds. The van der Waals surface area contributed by atoms with Crippen LogP contribution in [0.25, 0.3) is 10.9 Å². The molecule has 7 nitrogen and oxygen atoms in total. The number of nitrogens with zero attached hydrogens (tertiary/aromatic N) is 1. The summed E-state index contributed by atoms with van der Waals surface area (Å²) in [6, 6.07) is 2.23. The van der Waals surface area contributed by atoms with Crippen molar-refractivity contribution in [1.82, 2.24) is 4.98 Å². The average Bonchev–Trinajstić information content (AvgIpc) is 3.23. The summed E-state index contributed by atoms with van der Waals surface area (Å²) in [6.45, 7) is 1.80. The van der Waals surface area contributed by atoms with Crippen molar-refractivity contribution in [2.24, 2.45) is 5.73 Å². The molecule has 1 fully saturated rings. The number of fused-ring (bicyclic) bond motifs is 1. The van der Waals surface area contributed by atoms with Crippen LogP contribution in [0.5, 0.6) is 0 Å². The third-order valence-electron chi connectivity index (χ3n) is 4.24. The maximum absolute atomic E-state index is 11.3. The molecule has 1 saturated carbocycles.